The van der Waals surface area contributed by atoms with Gasteiger partial charge in [-0.25, -0.2) is 0 Å². The molecule has 1 aliphatic heterocycles. The Morgan fingerprint density at radius 1 is 1.17 bits per heavy atom. The summed E-state index contributed by atoms with van der Waals surface area (Å²) in [5, 5.41) is 2.94. The van der Waals surface area contributed by atoms with Gasteiger partial charge >= 0.3 is 0 Å². The van der Waals surface area contributed by atoms with Gasteiger partial charge in [-0.15, -0.1) is 0 Å². The number of carbonyl (C=O) groups is 1. The molecule has 1 aromatic carbocycles. The van der Waals surface area contributed by atoms with Gasteiger partial charge in [0.25, 0.3) is 0 Å². The Balaban J connectivity index is 1.63. The number of amides is 1. The van der Waals surface area contributed by atoms with Gasteiger partial charge in [-0.1, -0.05) is 6.07 Å². The number of ether oxygens (including phenoxy) is 2. The number of benzene rings is 1. The molecule has 1 amide bonds. The fourth-order valence-electron chi connectivity index (χ4n) is 2.32. The molecule has 1 aliphatic rings. The molecule has 1 N–H and O–H groups in total. The van der Waals surface area contributed by atoms with Crippen LogP contribution in [0.25, 0.3) is 6.08 Å². The van der Waals surface area contributed by atoms with Gasteiger partial charge in [0, 0.05) is 18.5 Å². The van der Waals surface area contributed by atoms with E-state index in [9.17, 15) is 4.79 Å². The zero-order chi connectivity index (χ0) is 16.1. The van der Waals surface area contributed by atoms with Gasteiger partial charge in [0.1, 0.15) is 13.2 Å². The Hall–Kier alpha value is -2.82. The molecule has 0 saturated heterocycles. The SMILES string of the molecule is CC(NC(=O)/C=C/c1ccncc1)c1ccc2c(c1)OCCO2. The minimum atomic E-state index is -0.149. The second-order valence-electron chi connectivity index (χ2n) is 5.25. The summed E-state index contributed by atoms with van der Waals surface area (Å²) < 4.78 is 11.1. The van der Waals surface area contributed by atoms with Crippen molar-refractivity contribution in [1.82, 2.24) is 10.3 Å². The minimum absolute atomic E-state index is 0.125. The summed E-state index contributed by atoms with van der Waals surface area (Å²) >= 11 is 0. The summed E-state index contributed by atoms with van der Waals surface area (Å²) in [6.07, 6.45) is 6.65. The van der Waals surface area contributed by atoms with Crippen LogP contribution in [0.15, 0.2) is 48.8 Å². The minimum Gasteiger partial charge on any atom is -0.486 e. The number of rotatable bonds is 4. The van der Waals surface area contributed by atoms with Gasteiger partial charge in [-0.2, -0.15) is 0 Å². The lowest BCUT2D eigenvalue weighted by Gasteiger charge is -2.20. The van der Waals surface area contributed by atoms with Gasteiger partial charge in [0.05, 0.1) is 6.04 Å². The average Bonchev–Trinajstić information content (AvgIpc) is 2.60. The second kappa shape index (κ2) is 6.96. The first kappa shape index (κ1) is 15.1. The van der Waals surface area contributed by atoms with Crippen LogP contribution in [0.4, 0.5) is 0 Å². The summed E-state index contributed by atoms with van der Waals surface area (Å²) in [5.41, 5.74) is 1.90. The van der Waals surface area contributed by atoms with Crippen LogP contribution >= 0.6 is 0 Å². The van der Waals surface area contributed by atoms with E-state index in [1.165, 1.54) is 6.08 Å². The van der Waals surface area contributed by atoms with Crippen molar-refractivity contribution in [3.63, 3.8) is 0 Å². The van der Waals surface area contributed by atoms with Crippen LogP contribution in [0, 0.1) is 0 Å². The van der Waals surface area contributed by atoms with E-state index in [1.54, 1.807) is 18.5 Å². The van der Waals surface area contributed by atoms with Crippen LogP contribution in [0.3, 0.4) is 0 Å². The topological polar surface area (TPSA) is 60.5 Å². The standard InChI is InChI=1S/C18H18N2O3/c1-13(15-3-4-16-17(12-15)23-11-10-22-16)20-18(21)5-2-14-6-8-19-9-7-14/h2-9,12-13H,10-11H2,1H3,(H,20,21)/b5-2+. The quantitative estimate of drug-likeness (QED) is 0.882. The van der Waals surface area contributed by atoms with Gasteiger partial charge in [0.15, 0.2) is 11.5 Å². The molecule has 1 atom stereocenters. The molecule has 0 bridgehead atoms. The van der Waals surface area contributed by atoms with Crippen molar-refractivity contribution in [3.8, 4) is 11.5 Å². The van der Waals surface area contributed by atoms with E-state index < -0.39 is 0 Å². The number of fused-ring (bicyclic) bond motifs is 1. The Labute approximate surface area is 135 Å². The van der Waals surface area contributed by atoms with Crippen molar-refractivity contribution >= 4 is 12.0 Å². The molecular weight excluding hydrogens is 292 g/mol. The molecule has 1 aromatic heterocycles. The fourth-order valence-corrected chi connectivity index (χ4v) is 2.32. The second-order valence-corrected chi connectivity index (χ2v) is 5.25. The molecule has 5 nitrogen and oxygen atoms in total. The smallest absolute Gasteiger partial charge is 0.244 e. The molecule has 0 fully saturated rings. The van der Waals surface area contributed by atoms with Crippen molar-refractivity contribution in [2.24, 2.45) is 0 Å². The normalized spacial score (nSPS) is 14.5. The van der Waals surface area contributed by atoms with Crippen molar-refractivity contribution in [2.75, 3.05) is 13.2 Å². The number of nitrogens with zero attached hydrogens (tertiary/aromatic N) is 1. The zero-order valence-corrected chi connectivity index (χ0v) is 12.9. The van der Waals surface area contributed by atoms with E-state index in [4.69, 9.17) is 9.47 Å². The van der Waals surface area contributed by atoms with Crippen LogP contribution in [0.5, 0.6) is 11.5 Å². The largest absolute Gasteiger partial charge is 0.486 e. The van der Waals surface area contributed by atoms with Gasteiger partial charge in [0.2, 0.25) is 5.91 Å². The van der Waals surface area contributed by atoms with Crippen LogP contribution in [0.2, 0.25) is 0 Å². The third kappa shape index (κ3) is 3.88. The lowest BCUT2D eigenvalue weighted by Crippen LogP contribution is -2.25. The van der Waals surface area contributed by atoms with Gasteiger partial charge in [-0.3, -0.25) is 9.78 Å². The van der Waals surface area contributed by atoms with E-state index in [2.05, 4.69) is 10.3 Å². The number of aromatic nitrogens is 1. The lowest BCUT2D eigenvalue weighted by atomic mass is 10.1. The maximum absolute atomic E-state index is 12.0. The molecule has 5 heteroatoms. The highest BCUT2D eigenvalue weighted by Gasteiger charge is 2.15. The predicted octanol–water partition coefficient (Wildman–Crippen LogP) is 2.74. The summed E-state index contributed by atoms with van der Waals surface area (Å²) in [6, 6.07) is 9.28. The molecule has 1 unspecified atom stereocenters. The summed E-state index contributed by atoms with van der Waals surface area (Å²) in [5.74, 6) is 1.32. The molecule has 2 heterocycles. The lowest BCUT2D eigenvalue weighted by molar-refractivity contribution is -0.117. The van der Waals surface area contributed by atoms with Crippen LogP contribution < -0.4 is 14.8 Å². The summed E-state index contributed by atoms with van der Waals surface area (Å²) in [6.45, 7) is 3.05. The van der Waals surface area contributed by atoms with Crippen molar-refractivity contribution < 1.29 is 14.3 Å². The number of nitrogens with one attached hydrogen (secondary N) is 1. The molecule has 0 radical (unpaired) electrons. The molecule has 0 saturated carbocycles. The first-order valence-electron chi connectivity index (χ1n) is 7.50. The third-order valence-electron chi connectivity index (χ3n) is 3.56. The Kier molecular flexibility index (Phi) is 4.57. The molecule has 23 heavy (non-hydrogen) atoms. The maximum atomic E-state index is 12.0. The fraction of sp³-hybridized carbons (Fsp3) is 0.222. The zero-order valence-electron chi connectivity index (χ0n) is 12.9. The van der Waals surface area contributed by atoms with Gasteiger partial charge < -0.3 is 14.8 Å². The Bertz CT molecular complexity index is 713. The first-order chi connectivity index (χ1) is 11.2. The van der Waals surface area contributed by atoms with Crippen molar-refractivity contribution in [1.29, 1.82) is 0 Å². The molecule has 3 rings (SSSR count). The van der Waals surface area contributed by atoms with Crippen LogP contribution in [0.1, 0.15) is 24.1 Å². The molecule has 2 aromatic rings. The highest BCUT2D eigenvalue weighted by atomic mass is 16.6. The summed E-state index contributed by atoms with van der Waals surface area (Å²) in [4.78, 5) is 16.0. The highest BCUT2D eigenvalue weighted by Crippen LogP contribution is 2.32. The van der Waals surface area contributed by atoms with Crippen LogP contribution in [-0.4, -0.2) is 24.1 Å². The average molecular weight is 310 g/mol. The first-order valence-corrected chi connectivity index (χ1v) is 7.50. The third-order valence-corrected chi connectivity index (χ3v) is 3.56. The molecular formula is C18H18N2O3. The van der Waals surface area contributed by atoms with E-state index in [-0.39, 0.29) is 11.9 Å². The number of pyridine rings is 1. The number of carbonyl (C=O) groups excluding carboxylic acids is 1. The van der Waals surface area contributed by atoms with E-state index in [0.29, 0.717) is 13.2 Å². The molecule has 118 valence electrons. The van der Waals surface area contributed by atoms with Crippen LogP contribution in [-0.2, 0) is 4.79 Å². The van der Waals surface area contributed by atoms with E-state index in [1.807, 2.05) is 37.3 Å². The predicted molar refractivity (Wildman–Crippen MR) is 87.3 cm³/mol. The Morgan fingerprint density at radius 2 is 1.91 bits per heavy atom. The maximum Gasteiger partial charge on any atom is 0.244 e. The summed E-state index contributed by atoms with van der Waals surface area (Å²) in [7, 11) is 0. The van der Waals surface area contributed by atoms with Crippen molar-refractivity contribution in [3.05, 3.63) is 59.9 Å². The highest BCUT2D eigenvalue weighted by molar-refractivity contribution is 5.91. The monoisotopic (exact) mass is 310 g/mol. The number of hydrogen-bond acceptors (Lipinski definition) is 4. The van der Waals surface area contributed by atoms with E-state index >= 15 is 0 Å². The van der Waals surface area contributed by atoms with E-state index in [0.717, 1.165) is 22.6 Å². The molecule has 0 spiro atoms. The van der Waals surface area contributed by atoms with Crippen molar-refractivity contribution in [2.45, 2.75) is 13.0 Å². The Morgan fingerprint density at radius 3 is 2.70 bits per heavy atom. The van der Waals surface area contributed by atoms with Gasteiger partial charge in [-0.05, 0) is 48.4 Å². The number of hydrogen-bond donors (Lipinski definition) is 1. The molecule has 0 aliphatic carbocycles.